The van der Waals surface area contributed by atoms with E-state index in [1.165, 1.54) is 11.6 Å². The first-order valence-corrected chi connectivity index (χ1v) is 14.4. The van der Waals surface area contributed by atoms with Crippen LogP contribution in [0.25, 0.3) is 33.2 Å². The molecule has 1 amide bonds. The second-order valence-corrected chi connectivity index (χ2v) is 12.3. The van der Waals surface area contributed by atoms with Gasteiger partial charge in [-0.05, 0) is 63.1 Å². The number of aromatic amines is 1. The lowest BCUT2D eigenvalue weighted by molar-refractivity contribution is 0.0124. The molecule has 3 aliphatic heterocycles. The van der Waals surface area contributed by atoms with E-state index in [9.17, 15) is 4.79 Å². The summed E-state index contributed by atoms with van der Waals surface area (Å²) in [5.74, 6) is 0.847. The Morgan fingerprint density at radius 2 is 1.90 bits per heavy atom. The van der Waals surface area contributed by atoms with Crippen molar-refractivity contribution in [3.8, 4) is 11.4 Å². The van der Waals surface area contributed by atoms with Gasteiger partial charge in [-0.1, -0.05) is 6.07 Å². The molecule has 2 atom stereocenters. The van der Waals surface area contributed by atoms with Crippen molar-refractivity contribution < 1.29 is 18.7 Å². The summed E-state index contributed by atoms with van der Waals surface area (Å²) in [6, 6.07) is 11.9. The van der Waals surface area contributed by atoms with Gasteiger partial charge in [0.25, 0.3) is 0 Å². The maximum atomic E-state index is 15.2. The van der Waals surface area contributed by atoms with Gasteiger partial charge in [0.05, 0.1) is 24.3 Å². The van der Waals surface area contributed by atoms with Gasteiger partial charge in [-0.25, -0.2) is 19.2 Å². The van der Waals surface area contributed by atoms with Crippen molar-refractivity contribution in [1.29, 1.82) is 0 Å². The average molecular weight is 559 g/mol. The fraction of sp³-hybridized carbons (Fsp3) is 0.452. The Morgan fingerprint density at radius 3 is 2.66 bits per heavy atom. The van der Waals surface area contributed by atoms with Gasteiger partial charge in [-0.15, -0.1) is 0 Å². The third kappa shape index (κ3) is 4.89. The molecule has 2 aromatic carbocycles. The summed E-state index contributed by atoms with van der Waals surface area (Å²) in [6.07, 6.45) is 2.56. The maximum absolute atomic E-state index is 15.2. The molecular weight excluding hydrogens is 523 g/mol. The Morgan fingerprint density at radius 1 is 1.07 bits per heavy atom. The predicted octanol–water partition coefficient (Wildman–Crippen LogP) is 4.95. The molecule has 7 rings (SSSR count). The van der Waals surface area contributed by atoms with Gasteiger partial charge in [0.2, 0.25) is 0 Å². The quantitative estimate of drug-likeness (QED) is 0.379. The second-order valence-electron chi connectivity index (χ2n) is 12.3. The fourth-order valence-electron chi connectivity index (χ4n) is 6.44. The standard InChI is InChI=1S/C31H35FN6O3/c1-31(2,3)41-30(39)38-18-20-15-21(38)17-37(20)16-19-4-6-26-23(14-19)29(36-10-12-40-13-11-36)35-28(34-26)27-22-8-9-33-25(22)7-5-24(27)32/h4-9,14,20-21,33H,10-13,15-18H2,1-3H3. The van der Waals surface area contributed by atoms with Gasteiger partial charge in [0.1, 0.15) is 17.2 Å². The molecule has 2 aromatic heterocycles. The van der Waals surface area contributed by atoms with Crippen LogP contribution in [0.1, 0.15) is 32.8 Å². The van der Waals surface area contributed by atoms with Crippen LogP contribution in [-0.4, -0.2) is 87.9 Å². The van der Waals surface area contributed by atoms with Crippen LogP contribution >= 0.6 is 0 Å². The normalized spacial score (nSPS) is 21.4. The molecule has 2 unspecified atom stereocenters. The highest BCUT2D eigenvalue weighted by atomic mass is 19.1. The lowest BCUT2D eigenvalue weighted by atomic mass is 10.1. The van der Waals surface area contributed by atoms with E-state index in [0.717, 1.165) is 47.1 Å². The van der Waals surface area contributed by atoms with Crippen molar-refractivity contribution in [2.45, 2.75) is 51.4 Å². The van der Waals surface area contributed by atoms with E-state index in [4.69, 9.17) is 19.4 Å². The van der Waals surface area contributed by atoms with Crippen LogP contribution in [0, 0.1) is 5.82 Å². The molecule has 9 nitrogen and oxygen atoms in total. The zero-order chi connectivity index (χ0) is 28.3. The lowest BCUT2D eigenvalue weighted by Gasteiger charge is -2.35. The highest BCUT2D eigenvalue weighted by Gasteiger charge is 2.46. The molecule has 0 spiro atoms. The van der Waals surface area contributed by atoms with Gasteiger partial charge in [0.15, 0.2) is 5.82 Å². The van der Waals surface area contributed by atoms with E-state index in [2.05, 4.69) is 26.9 Å². The minimum Gasteiger partial charge on any atom is -0.444 e. The number of fused-ring (bicyclic) bond motifs is 4. The Balaban J connectivity index is 1.20. The number of H-pyrrole nitrogens is 1. The van der Waals surface area contributed by atoms with Crippen LogP contribution in [0.3, 0.4) is 0 Å². The molecule has 214 valence electrons. The summed E-state index contributed by atoms with van der Waals surface area (Å²) in [5.41, 5.74) is 2.71. The maximum Gasteiger partial charge on any atom is 0.410 e. The Bertz CT molecular complexity index is 1630. The summed E-state index contributed by atoms with van der Waals surface area (Å²) in [4.78, 5) is 32.3. The molecule has 3 saturated heterocycles. The molecule has 41 heavy (non-hydrogen) atoms. The van der Waals surface area contributed by atoms with E-state index < -0.39 is 5.60 Å². The molecule has 0 aliphatic carbocycles. The third-order valence-corrected chi connectivity index (χ3v) is 8.33. The largest absolute Gasteiger partial charge is 0.444 e. The molecule has 0 radical (unpaired) electrons. The molecule has 4 aromatic rings. The number of carbonyl (C=O) groups excluding carboxylic acids is 1. The zero-order valence-electron chi connectivity index (χ0n) is 23.7. The van der Waals surface area contributed by atoms with E-state index in [1.54, 1.807) is 6.07 Å². The molecule has 1 N–H and O–H groups in total. The SMILES string of the molecule is CC(C)(C)OC(=O)N1CC2CC1CN2Cc1ccc2nc(-c3c(F)ccc4[nH]ccc34)nc(N3CCOCC3)c2c1. The summed E-state index contributed by atoms with van der Waals surface area (Å²) >= 11 is 0. The van der Waals surface area contributed by atoms with E-state index in [1.807, 2.05) is 44.0 Å². The highest BCUT2D eigenvalue weighted by Crippen LogP contribution is 2.36. The highest BCUT2D eigenvalue weighted by molar-refractivity contribution is 5.97. The molecule has 3 fully saturated rings. The number of likely N-dealkylation sites (tertiary alicyclic amines) is 2. The average Bonchev–Trinajstić information content (AvgIpc) is 3.68. The predicted molar refractivity (Wildman–Crippen MR) is 155 cm³/mol. The smallest absolute Gasteiger partial charge is 0.410 e. The summed E-state index contributed by atoms with van der Waals surface area (Å²) in [5, 5.41) is 1.72. The Hall–Kier alpha value is -3.76. The number of carbonyl (C=O) groups is 1. The topological polar surface area (TPSA) is 86.8 Å². The number of hydrogen-bond donors (Lipinski definition) is 1. The first-order valence-electron chi connectivity index (χ1n) is 14.4. The number of aromatic nitrogens is 3. The number of nitrogens with zero attached hydrogens (tertiary/aromatic N) is 5. The van der Waals surface area contributed by atoms with Crippen LogP contribution in [0.15, 0.2) is 42.6 Å². The van der Waals surface area contributed by atoms with Gasteiger partial charge in [-0.3, -0.25) is 4.90 Å². The monoisotopic (exact) mass is 558 g/mol. The molecular formula is C31H35FN6O3. The number of anilines is 1. The van der Waals surface area contributed by atoms with Crippen molar-refractivity contribution in [2.75, 3.05) is 44.3 Å². The van der Waals surface area contributed by atoms with Gasteiger partial charge in [0, 0.05) is 67.3 Å². The van der Waals surface area contributed by atoms with Crippen molar-refractivity contribution in [3.63, 3.8) is 0 Å². The van der Waals surface area contributed by atoms with Crippen LogP contribution < -0.4 is 4.90 Å². The molecule has 0 saturated carbocycles. The second kappa shape index (κ2) is 9.95. The minimum absolute atomic E-state index is 0.177. The lowest BCUT2D eigenvalue weighted by Crippen LogP contribution is -2.49. The first kappa shape index (κ1) is 26.2. The summed E-state index contributed by atoms with van der Waals surface area (Å²) in [6.45, 7) is 10.7. The zero-order valence-corrected chi connectivity index (χ0v) is 23.7. The molecule has 3 aliphatic rings. The van der Waals surface area contributed by atoms with Crippen molar-refractivity contribution in [1.82, 2.24) is 24.8 Å². The van der Waals surface area contributed by atoms with Crippen molar-refractivity contribution in [3.05, 3.63) is 54.0 Å². The van der Waals surface area contributed by atoms with E-state index >= 15 is 4.39 Å². The Labute approximate surface area is 238 Å². The number of benzene rings is 2. The number of ether oxygens (including phenoxy) is 2. The van der Waals surface area contributed by atoms with Crippen LogP contribution in [-0.2, 0) is 16.0 Å². The fourth-order valence-corrected chi connectivity index (χ4v) is 6.44. The van der Waals surface area contributed by atoms with Gasteiger partial charge >= 0.3 is 6.09 Å². The number of morpholine rings is 1. The van der Waals surface area contributed by atoms with E-state index in [-0.39, 0.29) is 18.0 Å². The number of halogens is 1. The number of amides is 1. The van der Waals surface area contributed by atoms with E-state index in [0.29, 0.717) is 50.3 Å². The minimum atomic E-state index is -0.496. The molecule has 2 bridgehead atoms. The summed E-state index contributed by atoms with van der Waals surface area (Å²) < 4.78 is 26.5. The summed E-state index contributed by atoms with van der Waals surface area (Å²) in [7, 11) is 0. The van der Waals surface area contributed by atoms with Crippen molar-refractivity contribution >= 4 is 33.7 Å². The first-order chi connectivity index (χ1) is 19.7. The number of hydrogen-bond acceptors (Lipinski definition) is 7. The number of rotatable bonds is 4. The van der Waals surface area contributed by atoms with Crippen LogP contribution in [0.5, 0.6) is 0 Å². The molecule has 10 heteroatoms. The van der Waals surface area contributed by atoms with Crippen LogP contribution in [0.2, 0.25) is 0 Å². The van der Waals surface area contributed by atoms with Crippen LogP contribution in [0.4, 0.5) is 15.0 Å². The van der Waals surface area contributed by atoms with Gasteiger partial charge < -0.3 is 24.3 Å². The Kier molecular flexibility index (Phi) is 6.35. The van der Waals surface area contributed by atoms with Gasteiger partial charge in [-0.2, -0.15) is 0 Å². The number of nitrogens with one attached hydrogen (secondary N) is 1. The molecule has 5 heterocycles. The number of piperazine rings is 1. The third-order valence-electron chi connectivity index (χ3n) is 8.33. The van der Waals surface area contributed by atoms with Crippen molar-refractivity contribution in [2.24, 2.45) is 0 Å².